The SMILES string of the molecule is CCCN1CCC(NC2CCN(C)C2)CC1. The van der Waals surface area contributed by atoms with Crippen LogP contribution in [0, 0.1) is 0 Å². The predicted octanol–water partition coefficient (Wildman–Crippen LogP) is 1.15. The van der Waals surface area contributed by atoms with E-state index in [1.54, 1.807) is 0 Å². The summed E-state index contributed by atoms with van der Waals surface area (Å²) < 4.78 is 0. The molecular formula is C13H27N3. The number of nitrogens with zero attached hydrogens (tertiary/aromatic N) is 2. The first-order valence-electron chi connectivity index (χ1n) is 6.95. The van der Waals surface area contributed by atoms with Crippen LogP contribution in [0.4, 0.5) is 0 Å². The Morgan fingerprint density at radius 1 is 1.06 bits per heavy atom. The van der Waals surface area contributed by atoms with E-state index in [1.807, 2.05) is 0 Å². The lowest BCUT2D eigenvalue weighted by Crippen LogP contribution is -2.46. The van der Waals surface area contributed by atoms with Gasteiger partial charge in [0.25, 0.3) is 0 Å². The van der Waals surface area contributed by atoms with Gasteiger partial charge >= 0.3 is 0 Å². The van der Waals surface area contributed by atoms with E-state index in [9.17, 15) is 0 Å². The highest BCUT2D eigenvalue weighted by molar-refractivity contribution is 4.85. The van der Waals surface area contributed by atoms with Crippen molar-refractivity contribution in [1.82, 2.24) is 15.1 Å². The molecule has 0 radical (unpaired) electrons. The first-order chi connectivity index (χ1) is 7.78. The molecule has 0 aromatic heterocycles. The molecule has 2 saturated heterocycles. The molecule has 2 fully saturated rings. The third-order valence-electron chi connectivity index (χ3n) is 3.99. The maximum absolute atomic E-state index is 3.84. The fraction of sp³-hybridized carbons (Fsp3) is 1.00. The minimum absolute atomic E-state index is 0.757. The van der Waals surface area contributed by atoms with E-state index >= 15 is 0 Å². The van der Waals surface area contributed by atoms with E-state index < -0.39 is 0 Å². The molecule has 0 saturated carbocycles. The molecule has 2 aliphatic heterocycles. The van der Waals surface area contributed by atoms with Crippen LogP contribution in [0.25, 0.3) is 0 Å². The van der Waals surface area contributed by atoms with Crippen molar-refractivity contribution in [2.75, 3.05) is 39.8 Å². The van der Waals surface area contributed by atoms with Gasteiger partial charge in [-0.2, -0.15) is 0 Å². The number of nitrogens with one attached hydrogen (secondary N) is 1. The molecule has 1 atom stereocenters. The Hall–Kier alpha value is -0.120. The van der Waals surface area contributed by atoms with Crippen LogP contribution in [0.2, 0.25) is 0 Å². The van der Waals surface area contributed by atoms with Crippen molar-refractivity contribution in [1.29, 1.82) is 0 Å². The van der Waals surface area contributed by atoms with Crippen molar-refractivity contribution in [3.8, 4) is 0 Å². The van der Waals surface area contributed by atoms with Crippen molar-refractivity contribution < 1.29 is 0 Å². The van der Waals surface area contributed by atoms with Gasteiger partial charge in [0.05, 0.1) is 0 Å². The minimum Gasteiger partial charge on any atom is -0.310 e. The third-order valence-corrected chi connectivity index (χ3v) is 3.99. The van der Waals surface area contributed by atoms with Crippen LogP contribution >= 0.6 is 0 Å². The molecule has 94 valence electrons. The Balaban J connectivity index is 1.65. The monoisotopic (exact) mass is 225 g/mol. The zero-order chi connectivity index (χ0) is 11.4. The molecule has 1 N–H and O–H groups in total. The zero-order valence-electron chi connectivity index (χ0n) is 10.9. The number of likely N-dealkylation sites (tertiary alicyclic amines) is 2. The molecule has 3 nitrogen and oxygen atoms in total. The molecule has 0 aromatic rings. The Kier molecular flexibility index (Phi) is 4.62. The molecule has 2 rings (SSSR count). The molecule has 2 heterocycles. The van der Waals surface area contributed by atoms with E-state index in [2.05, 4.69) is 29.1 Å². The third kappa shape index (κ3) is 3.44. The summed E-state index contributed by atoms with van der Waals surface area (Å²) in [4.78, 5) is 5.04. The molecule has 16 heavy (non-hydrogen) atoms. The largest absolute Gasteiger partial charge is 0.310 e. The summed E-state index contributed by atoms with van der Waals surface area (Å²) in [6.45, 7) is 8.68. The maximum atomic E-state index is 3.84. The van der Waals surface area contributed by atoms with Gasteiger partial charge in [0.2, 0.25) is 0 Å². The summed E-state index contributed by atoms with van der Waals surface area (Å²) in [5.41, 5.74) is 0. The van der Waals surface area contributed by atoms with Crippen LogP contribution in [-0.4, -0.2) is 61.7 Å². The van der Waals surface area contributed by atoms with Crippen LogP contribution in [0.15, 0.2) is 0 Å². The average Bonchev–Trinajstić information content (AvgIpc) is 2.67. The van der Waals surface area contributed by atoms with Crippen LogP contribution in [0.1, 0.15) is 32.6 Å². The smallest absolute Gasteiger partial charge is 0.0209 e. The zero-order valence-corrected chi connectivity index (χ0v) is 10.9. The van der Waals surface area contributed by atoms with Gasteiger partial charge in [-0.1, -0.05) is 6.92 Å². The summed E-state index contributed by atoms with van der Waals surface area (Å²) in [6, 6.07) is 1.54. The normalized spacial score (nSPS) is 30.0. The summed E-state index contributed by atoms with van der Waals surface area (Å²) in [5, 5.41) is 3.84. The summed E-state index contributed by atoms with van der Waals surface area (Å²) >= 11 is 0. The molecule has 3 heteroatoms. The molecule has 2 aliphatic rings. The van der Waals surface area contributed by atoms with E-state index in [0.717, 1.165) is 12.1 Å². The number of rotatable bonds is 4. The Labute approximate surface area is 100 Å². The number of piperidine rings is 1. The van der Waals surface area contributed by atoms with E-state index in [4.69, 9.17) is 0 Å². The van der Waals surface area contributed by atoms with E-state index in [0.29, 0.717) is 0 Å². The van der Waals surface area contributed by atoms with Crippen LogP contribution in [0.3, 0.4) is 0 Å². The first-order valence-corrected chi connectivity index (χ1v) is 6.95. The molecular weight excluding hydrogens is 198 g/mol. The van der Waals surface area contributed by atoms with Crippen molar-refractivity contribution in [3.05, 3.63) is 0 Å². The van der Waals surface area contributed by atoms with Gasteiger partial charge in [-0.3, -0.25) is 0 Å². The fourth-order valence-electron chi connectivity index (χ4n) is 3.04. The lowest BCUT2D eigenvalue weighted by Gasteiger charge is -2.33. The van der Waals surface area contributed by atoms with Crippen molar-refractivity contribution >= 4 is 0 Å². The van der Waals surface area contributed by atoms with Gasteiger partial charge < -0.3 is 15.1 Å². The van der Waals surface area contributed by atoms with Crippen molar-refractivity contribution in [3.63, 3.8) is 0 Å². The Morgan fingerprint density at radius 3 is 2.31 bits per heavy atom. The molecule has 1 unspecified atom stereocenters. The second-order valence-corrected chi connectivity index (χ2v) is 5.53. The van der Waals surface area contributed by atoms with Gasteiger partial charge in [0.15, 0.2) is 0 Å². The van der Waals surface area contributed by atoms with Crippen LogP contribution in [-0.2, 0) is 0 Å². The predicted molar refractivity (Wildman–Crippen MR) is 68.8 cm³/mol. The quantitative estimate of drug-likeness (QED) is 0.774. The Bertz CT molecular complexity index is 199. The molecule has 0 aliphatic carbocycles. The first kappa shape index (κ1) is 12.3. The van der Waals surface area contributed by atoms with Gasteiger partial charge in [-0.05, 0) is 58.9 Å². The maximum Gasteiger partial charge on any atom is 0.0209 e. The highest BCUT2D eigenvalue weighted by Crippen LogP contribution is 2.14. The second-order valence-electron chi connectivity index (χ2n) is 5.53. The number of hydrogen-bond acceptors (Lipinski definition) is 3. The van der Waals surface area contributed by atoms with Crippen molar-refractivity contribution in [2.24, 2.45) is 0 Å². The van der Waals surface area contributed by atoms with Gasteiger partial charge in [0.1, 0.15) is 0 Å². The van der Waals surface area contributed by atoms with Gasteiger partial charge in [-0.25, -0.2) is 0 Å². The van der Waals surface area contributed by atoms with Crippen LogP contribution in [0.5, 0.6) is 0 Å². The molecule has 0 bridgehead atoms. The summed E-state index contributed by atoms with van der Waals surface area (Å²) in [6.07, 6.45) is 5.33. The average molecular weight is 225 g/mol. The van der Waals surface area contributed by atoms with Crippen molar-refractivity contribution in [2.45, 2.75) is 44.7 Å². The molecule has 0 aromatic carbocycles. The molecule has 0 amide bonds. The van der Waals surface area contributed by atoms with Gasteiger partial charge in [-0.15, -0.1) is 0 Å². The standard InChI is InChI=1S/C13H27N3/c1-3-7-16-9-5-12(6-10-16)14-13-4-8-15(2)11-13/h12-14H,3-11H2,1-2H3. The second kappa shape index (κ2) is 5.99. The highest BCUT2D eigenvalue weighted by atomic mass is 15.2. The number of hydrogen-bond donors (Lipinski definition) is 1. The van der Waals surface area contributed by atoms with E-state index in [-0.39, 0.29) is 0 Å². The lowest BCUT2D eigenvalue weighted by atomic mass is 10.0. The Morgan fingerprint density at radius 2 is 1.75 bits per heavy atom. The van der Waals surface area contributed by atoms with Gasteiger partial charge in [0, 0.05) is 18.6 Å². The number of likely N-dealkylation sites (N-methyl/N-ethyl adjacent to an activating group) is 1. The van der Waals surface area contributed by atoms with Crippen LogP contribution < -0.4 is 5.32 Å². The summed E-state index contributed by atoms with van der Waals surface area (Å²) in [7, 11) is 2.23. The van der Waals surface area contributed by atoms with E-state index in [1.165, 1.54) is 58.4 Å². The molecule has 0 spiro atoms. The summed E-state index contributed by atoms with van der Waals surface area (Å²) in [5.74, 6) is 0. The highest BCUT2D eigenvalue weighted by Gasteiger charge is 2.24. The fourth-order valence-corrected chi connectivity index (χ4v) is 3.04. The lowest BCUT2D eigenvalue weighted by molar-refractivity contribution is 0.191. The topological polar surface area (TPSA) is 18.5 Å². The minimum atomic E-state index is 0.757.